The minimum absolute atomic E-state index is 0.00869. The predicted octanol–water partition coefficient (Wildman–Crippen LogP) is 4.09. The van der Waals surface area contributed by atoms with Crippen LogP contribution in [0, 0.1) is 5.92 Å². The van der Waals surface area contributed by atoms with E-state index in [1.54, 1.807) is 80.8 Å². The number of ether oxygens (including phenoxy) is 2. The van der Waals surface area contributed by atoms with Crippen LogP contribution in [0.2, 0.25) is 0 Å². The number of carbonyl (C=O) groups is 2. The number of anilines is 1. The summed E-state index contributed by atoms with van der Waals surface area (Å²) in [6, 6.07) is 20.7. The zero-order valence-electron chi connectivity index (χ0n) is 23.5. The average molecular weight is 568 g/mol. The molecule has 1 unspecified atom stereocenters. The Bertz CT molecular complexity index is 1360. The van der Waals surface area contributed by atoms with Gasteiger partial charge in [-0.05, 0) is 66.9 Å². The van der Waals surface area contributed by atoms with Gasteiger partial charge in [0, 0.05) is 13.1 Å². The molecular weight excluding hydrogens is 530 g/mol. The number of sulfonamides is 1. The molecule has 0 radical (unpaired) electrons. The van der Waals surface area contributed by atoms with E-state index in [1.165, 1.54) is 24.1 Å². The van der Waals surface area contributed by atoms with Crippen LogP contribution in [0.5, 0.6) is 11.5 Å². The van der Waals surface area contributed by atoms with Gasteiger partial charge in [-0.2, -0.15) is 0 Å². The summed E-state index contributed by atoms with van der Waals surface area (Å²) in [7, 11) is -1.09. The van der Waals surface area contributed by atoms with E-state index in [0.717, 1.165) is 9.87 Å². The van der Waals surface area contributed by atoms with Crippen LogP contribution in [0.3, 0.4) is 0 Å². The van der Waals surface area contributed by atoms with Crippen molar-refractivity contribution in [1.82, 2.24) is 10.2 Å². The van der Waals surface area contributed by atoms with Crippen LogP contribution in [0.4, 0.5) is 5.69 Å². The van der Waals surface area contributed by atoms with Gasteiger partial charge >= 0.3 is 0 Å². The van der Waals surface area contributed by atoms with Gasteiger partial charge in [0.1, 0.15) is 24.1 Å². The zero-order chi connectivity index (χ0) is 29.3. The maximum atomic E-state index is 13.9. The first-order valence-electron chi connectivity index (χ1n) is 13.0. The number of hydrogen-bond acceptors (Lipinski definition) is 6. The largest absolute Gasteiger partial charge is 0.497 e. The number of benzene rings is 3. The van der Waals surface area contributed by atoms with E-state index in [2.05, 4.69) is 5.32 Å². The Morgan fingerprint density at radius 1 is 0.825 bits per heavy atom. The fraction of sp³-hybridized carbons (Fsp3) is 0.333. The Balaban J connectivity index is 1.98. The number of nitrogens with one attached hydrogen (secondary N) is 1. The van der Waals surface area contributed by atoms with Crippen LogP contribution in [0.15, 0.2) is 83.8 Å². The molecule has 2 amide bonds. The van der Waals surface area contributed by atoms with Gasteiger partial charge in [0.15, 0.2) is 0 Å². The smallest absolute Gasteiger partial charge is 0.264 e. The highest BCUT2D eigenvalue weighted by Gasteiger charge is 2.32. The number of amides is 2. The molecule has 1 N–H and O–H groups in total. The first-order chi connectivity index (χ1) is 19.1. The molecule has 0 spiro atoms. The van der Waals surface area contributed by atoms with Gasteiger partial charge in [0.2, 0.25) is 11.8 Å². The van der Waals surface area contributed by atoms with Gasteiger partial charge in [-0.25, -0.2) is 8.42 Å². The zero-order valence-corrected chi connectivity index (χ0v) is 24.4. The second kappa shape index (κ2) is 13.8. The molecule has 0 heterocycles. The number of rotatable bonds is 13. The first-order valence-corrected chi connectivity index (χ1v) is 14.4. The summed E-state index contributed by atoms with van der Waals surface area (Å²) in [5.41, 5.74) is 1.09. The lowest BCUT2D eigenvalue weighted by Gasteiger charge is -2.32. The Morgan fingerprint density at radius 2 is 1.38 bits per heavy atom. The van der Waals surface area contributed by atoms with Gasteiger partial charge in [-0.3, -0.25) is 13.9 Å². The minimum atomic E-state index is -4.14. The highest BCUT2D eigenvalue weighted by atomic mass is 32.2. The molecular formula is C30H37N3O6S. The second-order valence-corrected chi connectivity index (χ2v) is 11.6. The van der Waals surface area contributed by atoms with E-state index in [0.29, 0.717) is 23.7 Å². The summed E-state index contributed by atoms with van der Waals surface area (Å²) in [5.74, 6) is 0.548. The van der Waals surface area contributed by atoms with Gasteiger partial charge in [0.05, 0.1) is 24.8 Å². The van der Waals surface area contributed by atoms with Crippen molar-refractivity contribution in [3.63, 3.8) is 0 Å². The summed E-state index contributed by atoms with van der Waals surface area (Å²) >= 11 is 0. The summed E-state index contributed by atoms with van der Waals surface area (Å²) in [6.45, 7) is 5.65. The van der Waals surface area contributed by atoms with E-state index >= 15 is 0 Å². The van der Waals surface area contributed by atoms with Crippen LogP contribution in [-0.2, 0) is 26.2 Å². The third-order valence-electron chi connectivity index (χ3n) is 6.33. The Morgan fingerprint density at radius 3 is 1.90 bits per heavy atom. The fourth-order valence-corrected chi connectivity index (χ4v) is 5.37. The maximum absolute atomic E-state index is 13.9. The molecule has 10 heteroatoms. The van der Waals surface area contributed by atoms with Crippen LogP contribution in [-0.4, -0.2) is 58.5 Å². The minimum Gasteiger partial charge on any atom is -0.497 e. The predicted molar refractivity (Wildman–Crippen MR) is 155 cm³/mol. The summed E-state index contributed by atoms with van der Waals surface area (Å²) < 4.78 is 39.1. The lowest BCUT2D eigenvalue weighted by Crippen LogP contribution is -2.51. The van der Waals surface area contributed by atoms with E-state index in [9.17, 15) is 18.0 Å². The Hall–Kier alpha value is -4.05. The molecule has 3 aromatic carbocycles. The van der Waals surface area contributed by atoms with Crippen LogP contribution in [0.25, 0.3) is 0 Å². The van der Waals surface area contributed by atoms with Crippen molar-refractivity contribution >= 4 is 27.5 Å². The second-order valence-electron chi connectivity index (χ2n) is 9.71. The van der Waals surface area contributed by atoms with Gasteiger partial charge < -0.3 is 19.7 Å². The molecule has 0 aliphatic rings. The van der Waals surface area contributed by atoms with Crippen molar-refractivity contribution in [1.29, 1.82) is 0 Å². The SMILES string of the molecule is COc1ccc(CN(C(=O)CN(c2ccccc2)S(=O)(=O)c2ccc(OC)cc2)C(C)C(=O)NCC(C)C)cc1. The number of nitrogens with zero attached hydrogens (tertiary/aromatic N) is 2. The lowest BCUT2D eigenvalue weighted by molar-refractivity contribution is -0.139. The standard InChI is InChI=1S/C30H37N3O6S/c1-22(2)19-31-30(35)23(3)32(20-24-11-13-26(38-4)14-12-24)29(34)21-33(25-9-7-6-8-10-25)40(36,37)28-17-15-27(39-5)16-18-28/h6-18,22-23H,19-21H2,1-5H3,(H,31,35). The van der Waals surface area contributed by atoms with Gasteiger partial charge in [-0.15, -0.1) is 0 Å². The lowest BCUT2D eigenvalue weighted by atomic mass is 10.1. The number of para-hydroxylation sites is 1. The van der Waals surface area contributed by atoms with Crippen molar-refractivity contribution in [2.24, 2.45) is 5.92 Å². The molecule has 40 heavy (non-hydrogen) atoms. The Kier molecular flexibility index (Phi) is 10.6. The van der Waals surface area contributed by atoms with Crippen molar-refractivity contribution in [2.45, 2.75) is 38.3 Å². The molecule has 0 aliphatic carbocycles. The number of carbonyl (C=O) groups excluding carboxylic acids is 2. The molecule has 0 saturated carbocycles. The van der Waals surface area contributed by atoms with Crippen LogP contribution < -0.4 is 19.1 Å². The maximum Gasteiger partial charge on any atom is 0.264 e. The molecule has 3 rings (SSSR count). The quantitative estimate of drug-likeness (QED) is 0.334. The van der Waals surface area contributed by atoms with Crippen LogP contribution in [0.1, 0.15) is 26.3 Å². The molecule has 3 aromatic rings. The monoisotopic (exact) mass is 567 g/mol. The summed E-state index contributed by atoms with van der Waals surface area (Å²) in [5, 5.41) is 2.88. The van der Waals surface area contributed by atoms with Crippen molar-refractivity contribution in [2.75, 3.05) is 31.6 Å². The third kappa shape index (κ3) is 7.75. The summed E-state index contributed by atoms with van der Waals surface area (Å²) in [6.07, 6.45) is 0. The average Bonchev–Trinajstić information content (AvgIpc) is 2.97. The molecule has 0 bridgehead atoms. The van der Waals surface area contributed by atoms with Gasteiger partial charge in [-0.1, -0.05) is 44.2 Å². The third-order valence-corrected chi connectivity index (χ3v) is 8.12. The molecule has 0 aliphatic heterocycles. The highest BCUT2D eigenvalue weighted by Crippen LogP contribution is 2.26. The fourth-order valence-electron chi connectivity index (χ4n) is 3.96. The molecule has 1 atom stereocenters. The van der Waals surface area contributed by atoms with Crippen molar-refractivity contribution in [3.8, 4) is 11.5 Å². The van der Waals surface area contributed by atoms with Crippen molar-refractivity contribution < 1.29 is 27.5 Å². The highest BCUT2D eigenvalue weighted by molar-refractivity contribution is 7.92. The molecule has 0 fully saturated rings. The topological polar surface area (TPSA) is 105 Å². The van der Waals surface area contributed by atoms with E-state index < -0.39 is 28.5 Å². The molecule has 0 saturated heterocycles. The Labute approximate surface area is 236 Å². The first kappa shape index (κ1) is 30.5. The van der Waals surface area contributed by atoms with E-state index in [1.807, 2.05) is 13.8 Å². The number of methoxy groups -OCH3 is 2. The number of hydrogen-bond donors (Lipinski definition) is 1. The molecule has 9 nitrogen and oxygen atoms in total. The van der Waals surface area contributed by atoms with Crippen molar-refractivity contribution in [3.05, 3.63) is 84.4 Å². The van der Waals surface area contributed by atoms with E-state index in [-0.39, 0.29) is 23.3 Å². The normalized spacial score (nSPS) is 11.9. The van der Waals surface area contributed by atoms with E-state index in [4.69, 9.17) is 9.47 Å². The molecule has 0 aromatic heterocycles. The van der Waals surface area contributed by atoms with Gasteiger partial charge in [0.25, 0.3) is 10.0 Å². The van der Waals surface area contributed by atoms with Crippen LogP contribution >= 0.6 is 0 Å². The summed E-state index contributed by atoms with van der Waals surface area (Å²) in [4.78, 5) is 28.4. The molecule has 214 valence electrons.